The number of fused-ring (bicyclic) bond motifs is 2. The number of amides is 1. The van der Waals surface area contributed by atoms with Crippen LogP contribution in [0.3, 0.4) is 0 Å². The van der Waals surface area contributed by atoms with Crippen LogP contribution in [0.4, 0.5) is 4.39 Å². The molecule has 6 heteroatoms. The van der Waals surface area contributed by atoms with Gasteiger partial charge >= 0.3 is 0 Å². The largest absolute Gasteiger partial charge is 0.366 e. The molecule has 2 aromatic carbocycles. The first-order chi connectivity index (χ1) is 16.5. The van der Waals surface area contributed by atoms with E-state index in [4.69, 9.17) is 10.7 Å². The molecule has 0 aliphatic heterocycles. The summed E-state index contributed by atoms with van der Waals surface area (Å²) in [6.45, 7) is 2.30. The molecule has 2 aliphatic rings. The van der Waals surface area contributed by atoms with E-state index in [-0.39, 0.29) is 5.82 Å². The number of pyridine rings is 1. The molecule has 2 fully saturated rings. The number of rotatable bonds is 5. The molecule has 2 heterocycles. The number of primary amides is 1. The minimum absolute atomic E-state index is 0.206. The molecule has 2 aromatic heterocycles. The molecular formula is C28H29FN4O. The molecule has 5 nitrogen and oxygen atoms in total. The van der Waals surface area contributed by atoms with Crippen LogP contribution in [0.2, 0.25) is 0 Å². The summed E-state index contributed by atoms with van der Waals surface area (Å²) in [4.78, 5) is 21.1. The highest BCUT2D eigenvalue weighted by atomic mass is 19.1. The molecule has 0 saturated heterocycles. The summed E-state index contributed by atoms with van der Waals surface area (Å²) < 4.78 is 16.4. The number of nitrogens with two attached hydrogens (primary N) is 1. The molecule has 0 spiro atoms. The highest BCUT2D eigenvalue weighted by Gasteiger charge is 2.34. The van der Waals surface area contributed by atoms with E-state index in [0.29, 0.717) is 29.4 Å². The van der Waals surface area contributed by atoms with Gasteiger partial charge in [0.25, 0.3) is 0 Å². The summed E-state index contributed by atoms with van der Waals surface area (Å²) in [6, 6.07) is 13.1. The van der Waals surface area contributed by atoms with Crippen molar-refractivity contribution in [2.75, 3.05) is 0 Å². The first-order valence-electron chi connectivity index (χ1n) is 12.4. The Morgan fingerprint density at radius 3 is 2.56 bits per heavy atom. The monoisotopic (exact) mass is 456 g/mol. The summed E-state index contributed by atoms with van der Waals surface area (Å²) >= 11 is 0. The van der Waals surface area contributed by atoms with Gasteiger partial charge in [-0.15, -0.1) is 0 Å². The van der Waals surface area contributed by atoms with Gasteiger partial charge in [0.05, 0.1) is 16.6 Å². The normalized spacial score (nSPS) is 21.7. The molecule has 34 heavy (non-hydrogen) atoms. The van der Waals surface area contributed by atoms with Gasteiger partial charge in [-0.05, 0) is 98.4 Å². The third-order valence-corrected chi connectivity index (χ3v) is 7.98. The molecule has 1 amide bonds. The highest BCUT2D eigenvalue weighted by molar-refractivity contribution is 5.96. The molecule has 0 unspecified atom stereocenters. The Kier molecular flexibility index (Phi) is 5.12. The van der Waals surface area contributed by atoms with Gasteiger partial charge in [-0.3, -0.25) is 9.78 Å². The van der Waals surface area contributed by atoms with Crippen LogP contribution in [0, 0.1) is 11.7 Å². The summed E-state index contributed by atoms with van der Waals surface area (Å²) in [6.07, 6.45) is 8.61. The van der Waals surface area contributed by atoms with Crippen molar-refractivity contribution in [1.82, 2.24) is 14.5 Å². The SMILES string of the molecule is C[C@@H](c1nc2cc(C(N)=O)ccc2n1C1CC1)C1CCC(c2ccnc3ccc(F)cc23)CC1. The van der Waals surface area contributed by atoms with Crippen molar-refractivity contribution in [1.29, 1.82) is 0 Å². The Labute approximate surface area is 198 Å². The van der Waals surface area contributed by atoms with E-state index in [1.807, 2.05) is 24.4 Å². The van der Waals surface area contributed by atoms with Crippen LogP contribution >= 0.6 is 0 Å². The molecule has 6 rings (SSSR count). The lowest BCUT2D eigenvalue weighted by Crippen LogP contribution is -2.21. The molecule has 1 atom stereocenters. The van der Waals surface area contributed by atoms with Crippen LogP contribution in [0.15, 0.2) is 48.7 Å². The third kappa shape index (κ3) is 3.65. The number of aromatic nitrogens is 3. The predicted molar refractivity (Wildman–Crippen MR) is 131 cm³/mol. The van der Waals surface area contributed by atoms with Gasteiger partial charge in [0.15, 0.2) is 0 Å². The Morgan fingerprint density at radius 1 is 1.03 bits per heavy atom. The van der Waals surface area contributed by atoms with E-state index in [1.165, 1.54) is 24.5 Å². The maximum absolute atomic E-state index is 13.9. The van der Waals surface area contributed by atoms with Crippen LogP contribution in [0.1, 0.15) is 85.1 Å². The smallest absolute Gasteiger partial charge is 0.248 e. The Balaban J connectivity index is 1.26. The fourth-order valence-electron chi connectivity index (χ4n) is 5.95. The van der Waals surface area contributed by atoms with Crippen LogP contribution in [-0.4, -0.2) is 20.4 Å². The first kappa shape index (κ1) is 21.3. The van der Waals surface area contributed by atoms with Gasteiger partial charge in [0.1, 0.15) is 11.6 Å². The number of imidazole rings is 1. The quantitative estimate of drug-likeness (QED) is 0.387. The van der Waals surface area contributed by atoms with E-state index in [9.17, 15) is 9.18 Å². The second-order valence-electron chi connectivity index (χ2n) is 10.1. The van der Waals surface area contributed by atoms with Crippen LogP contribution in [-0.2, 0) is 0 Å². The summed E-state index contributed by atoms with van der Waals surface area (Å²) in [5, 5.41) is 0.944. The van der Waals surface area contributed by atoms with E-state index in [1.54, 1.807) is 12.1 Å². The lowest BCUT2D eigenvalue weighted by atomic mass is 9.73. The van der Waals surface area contributed by atoms with Gasteiger partial charge in [0, 0.05) is 29.1 Å². The fraction of sp³-hybridized carbons (Fsp3) is 0.393. The minimum atomic E-state index is -0.417. The standard InChI is InChI=1S/C28H29FN4O/c1-16(28-32-25-14-19(27(30)34)6-11-26(25)33(28)21-8-9-21)17-2-4-18(5-3-17)22-12-13-31-24-10-7-20(29)15-23(22)24/h6-7,10-18,21H,2-5,8-9H2,1H3,(H2,30,34)/t16-,17?,18?/m1/s1. The predicted octanol–water partition coefficient (Wildman–Crippen LogP) is 6.23. The van der Waals surface area contributed by atoms with Gasteiger partial charge in [-0.25, -0.2) is 9.37 Å². The second kappa shape index (κ2) is 8.19. The zero-order valence-electron chi connectivity index (χ0n) is 19.4. The number of benzene rings is 2. The first-order valence-corrected chi connectivity index (χ1v) is 12.4. The Bertz CT molecular complexity index is 1400. The minimum Gasteiger partial charge on any atom is -0.366 e. The number of carbonyl (C=O) groups is 1. The van der Waals surface area contributed by atoms with Crippen molar-refractivity contribution in [3.05, 3.63) is 71.4 Å². The van der Waals surface area contributed by atoms with Gasteiger partial charge in [0.2, 0.25) is 5.91 Å². The van der Waals surface area contributed by atoms with Gasteiger partial charge in [-0.1, -0.05) is 6.92 Å². The molecule has 2 N–H and O–H groups in total. The lowest BCUT2D eigenvalue weighted by molar-refractivity contribution is 0.100. The number of hydrogen-bond acceptors (Lipinski definition) is 3. The van der Waals surface area contributed by atoms with Crippen LogP contribution in [0.5, 0.6) is 0 Å². The van der Waals surface area contributed by atoms with E-state index in [0.717, 1.165) is 53.4 Å². The van der Waals surface area contributed by atoms with Gasteiger partial charge < -0.3 is 10.3 Å². The van der Waals surface area contributed by atoms with Crippen molar-refractivity contribution in [2.24, 2.45) is 11.7 Å². The molecule has 0 bridgehead atoms. The molecule has 0 radical (unpaired) electrons. The average molecular weight is 457 g/mol. The summed E-state index contributed by atoms with van der Waals surface area (Å²) in [5.74, 6) is 1.82. The van der Waals surface area contributed by atoms with E-state index in [2.05, 4.69) is 22.5 Å². The van der Waals surface area contributed by atoms with Crippen molar-refractivity contribution >= 4 is 27.8 Å². The molecule has 2 saturated carbocycles. The van der Waals surface area contributed by atoms with Crippen molar-refractivity contribution in [3.63, 3.8) is 0 Å². The molecular weight excluding hydrogens is 427 g/mol. The van der Waals surface area contributed by atoms with Crippen LogP contribution < -0.4 is 5.73 Å². The van der Waals surface area contributed by atoms with Crippen molar-refractivity contribution < 1.29 is 9.18 Å². The average Bonchev–Trinajstić information content (AvgIpc) is 3.62. The number of hydrogen-bond donors (Lipinski definition) is 1. The zero-order valence-corrected chi connectivity index (χ0v) is 19.4. The van der Waals surface area contributed by atoms with Crippen molar-refractivity contribution in [3.8, 4) is 0 Å². The summed E-state index contributed by atoms with van der Waals surface area (Å²) in [5.41, 5.74) is 10.1. The van der Waals surface area contributed by atoms with E-state index >= 15 is 0 Å². The lowest BCUT2D eigenvalue weighted by Gasteiger charge is -2.33. The number of halogens is 1. The zero-order chi connectivity index (χ0) is 23.4. The second-order valence-corrected chi connectivity index (χ2v) is 10.1. The number of nitrogens with zero attached hydrogens (tertiary/aromatic N) is 3. The molecule has 2 aliphatic carbocycles. The Hall–Kier alpha value is -3.28. The molecule has 4 aromatic rings. The third-order valence-electron chi connectivity index (χ3n) is 7.98. The maximum Gasteiger partial charge on any atom is 0.248 e. The topological polar surface area (TPSA) is 73.8 Å². The molecule has 174 valence electrons. The Morgan fingerprint density at radius 2 is 1.82 bits per heavy atom. The highest BCUT2D eigenvalue weighted by Crippen LogP contribution is 2.46. The number of carbonyl (C=O) groups excluding carboxylic acids is 1. The van der Waals surface area contributed by atoms with Gasteiger partial charge in [-0.2, -0.15) is 0 Å². The van der Waals surface area contributed by atoms with Crippen molar-refractivity contribution in [2.45, 2.75) is 63.3 Å². The van der Waals surface area contributed by atoms with E-state index < -0.39 is 5.91 Å². The van der Waals surface area contributed by atoms with Crippen LogP contribution in [0.25, 0.3) is 21.9 Å². The maximum atomic E-state index is 13.9. The fourth-order valence-corrected chi connectivity index (χ4v) is 5.95. The summed E-state index contributed by atoms with van der Waals surface area (Å²) in [7, 11) is 0.